The fourth-order valence-corrected chi connectivity index (χ4v) is 2.87. The summed E-state index contributed by atoms with van der Waals surface area (Å²) in [4.78, 5) is 12.3. The number of hydrogen-bond donors (Lipinski definition) is 1. The minimum absolute atomic E-state index is 0.124. The maximum atomic E-state index is 13.1. The zero-order valence-electron chi connectivity index (χ0n) is 12.7. The van der Waals surface area contributed by atoms with Crippen LogP contribution in [0.3, 0.4) is 0 Å². The van der Waals surface area contributed by atoms with Gasteiger partial charge in [-0.15, -0.1) is 11.3 Å². The Morgan fingerprint density at radius 3 is 2.58 bits per heavy atom. The number of carbonyl (C=O) groups is 1. The van der Waals surface area contributed by atoms with E-state index in [1.807, 2.05) is 0 Å². The normalized spacial score (nSPS) is 9.50. The van der Waals surface area contributed by atoms with Crippen LogP contribution in [-0.4, -0.2) is 12.6 Å². The molecule has 0 amide bonds. The van der Waals surface area contributed by atoms with Gasteiger partial charge in [0, 0.05) is 17.1 Å². The van der Waals surface area contributed by atoms with Crippen molar-refractivity contribution in [1.82, 2.24) is 0 Å². The summed E-state index contributed by atoms with van der Waals surface area (Å²) in [6.07, 6.45) is 1.23. The first-order valence-corrected chi connectivity index (χ1v) is 7.80. The molecule has 5 nitrogen and oxygen atoms in total. The number of thiophene rings is 1. The van der Waals surface area contributed by atoms with Crippen LogP contribution in [0.4, 0.5) is 9.39 Å². The van der Waals surface area contributed by atoms with Gasteiger partial charge in [-0.3, -0.25) is 0 Å². The van der Waals surface area contributed by atoms with Crippen molar-refractivity contribution in [2.75, 3.05) is 11.9 Å². The van der Waals surface area contributed by atoms with Crippen LogP contribution in [0.2, 0.25) is 0 Å². The lowest BCUT2D eigenvalue weighted by atomic mass is 10.0. The van der Waals surface area contributed by atoms with E-state index in [-0.39, 0.29) is 23.6 Å². The maximum absolute atomic E-state index is 13.1. The Morgan fingerprint density at radius 1 is 1.33 bits per heavy atom. The Bertz CT molecular complexity index is 841. The average Bonchev–Trinajstić information content (AvgIpc) is 3.00. The number of halogens is 1. The standard InChI is InChI=1S/C17H12FN3O2S/c1-2-23-17(22)15-14(12-3-5-13(18)6-4-12)10-24-16(15)21-9-11(7-19)8-20/h3-6,9-10,21H,2H2,1H3. The monoisotopic (exact) mass is 341 g/mol. The van der Waals surface area contributed by atoms with Crippen molar-refractivity contribution in [3.63, 3.8) is 0 Å². The summed E-state index contributed by atoms with van der Waals surface area (Å²) in [5, 5.41) is 22.5. The molecule has 1 aromatic heterocycles. The van der Waals surface area contributed by atoms with Crippen LogP contribution in [0.15, 0.2) is 41.4 Å². The highest BCUT2D eigenvalue weighted by molar-refractivity contribution is 7.15. The third kappa shape index (κ3) is 3.78. The number of nitrogens with one attached hydrogen (secondary N) is 1. The summed E-state index contributed by atoms with van der Waals surface area (Å²) < 4.78 is 18.2. The second-order valence-corrected chi connectivity index (χ2v) is 5.39. The van der Waals surface area contributed by atoms with Crippen molar-refractivity contribution in [1.29, 1.82) is 10.5 Å². The van der Waals surface area contributed by atoms with Gasteiger partial charge in [-0.05, 0) is 24.6 Å². The number of nitriles is 2. The molecule has 0 aliphatic carbocycles. The molecule has 1 heterocycles. The highest BCUT2D eigenvalue weighted by Gasteiger charge is 2.21. The number of carbonyl (C=O) groups excluding carboxylic acids is 1. The van der Waals surface area contributed by atoms with Gasteiger partial charge in [0.15, 0.2) is 0 Å². The van der Waals surface area contributed by atoms with Gasteiger partial charge in [-0.1, -0.05) is 12.1 Å². The summed E-state index contributed by atoms with van der Waals surface area (Å²) in [7, 11) is 0. The fraction of sp³-hybridized carbons (Fsp3) is 0.118. The minimum Gasteiger partial charge on any atom is -0.462 e. The highest BCUT2D eigenvalue weighted by Crippen LogP contribution is 2.36. The van der Waals surface area contributed by atoms with Gasteiger partial charge < -0.3 is 10.1 Å². The number of ether oxygens (including phenoxy) is 1. The van der Waals surface area contributed by atoms with Crippen LogP contribution in [0.1, 0.15) is 17.3 Å². The van der Waals surface area contributed by atoms with Crippen LogP contribution in [0, 0.1) is 28.5 Å². The van der Waals surface area contributed by atoms with E-state index in [0.29, 0.717) is 16.1 Å². The SMILES string of the molecule is CCOC(=O)c1c(-c2ccc(F)cc2)csc1NC=C(C#N)C#N. The van der Waals surface area contributed by atoms with Gasteiger partial charge in [0.05, 0.1) is 6.61 Å². The lowest BCUT2D eigenvalue weighted by Gasteiger charge is -2.07. The van der Waals surface area contributed by atoms with E-state index in [1.165, 1.54) is 29.7 Å². The first-order chi connectivity index (χ1) is 11.6. The fourth-order valence-electron chi connectivity index (χ4n) is 1.94. The number of benzene rings is 1. The zero-order valence-corrected chi connectivity index (χ0v) is 13.5. The third-order valence-electron chi connectivity index (χ3n) is 3.01. The lowest BCUT2D eigenvalue weighted by molar-refractivity contribution is 0.0529. The topological polar surface area (TPSA) is 85.9 Å². The Morgan fingerprint density at radius 2 is 2.00 bits per heavy atom. The van der Waals surface area contributed by atoms with Gasteiger partial charge in [-0.2, -0.15) is 10.5 Å². The maximum Gasteiger partial charge on any atom is 0.341 e. The van der Waals surface area contributed by atoms with E-state index >= 15 is 0 Å². The molecule has 2 aromatic rings. The molecule has 120 valence electrons. The molecule has 0 aliphatic heterocycles. The van der Waals surface area contributed by atoms with Gasteiger partial charge in [0.25, 0.3) is 0 Å². The van der Waals surface area contributed by atoms with Crippen molar-refractivity contribution in [2.24, 2.45) is 0 Å². The third-order valence-corrected chi connectivity index (χ3v) is 3.93. The van der Waals surface area contributed by atoms with Crippen LogP contribution >= 0.6 is 11.3 Å². The molecule has 24 heavy (non-hydrogen) atoms. The van der Waals surface area contributed by atoms with Gasteiger partial charge in [-0.25, -0.2) is 9.18 Å². The second kappa shape index (κ2) is 7.91. The van der Waals surface area contributed by atoms with Gasteiger partial charge in [0.2, 0.25) is 0 Å². The highest BCUT2D eigenvalue weighted by atomic mass is 32.1. The molecule has 1 N–H and O–H groups in total. The Labute approximate surface area is 142 Å². The molecule has 0 spiro atoms. The smallest absolute Gasteiger partial charge is 0.341 e. The summed E-state index contributed by atoms with van der Waals surface area (Å²) >= 11 is 1.22. The number of nitrogens with zero attached hydrogens (tertiary/aromatic N) is 2. The Kier molecular flexibility index (Phi) is 5.67. The van der Waals surface area contributed by atoms with Crippen molar-refractivity contribution < 1.29 is 13.9 Å². The number of esters is 1. The van der Waals surface area contributed by atoms with Crippen molar-refractivity contribution in [3.8, 4) is 23.3 Å². The van der Waals surface area contributed by atoms with E-state index < -0.39 is 5.97 Å². The molecule has 0 saturated heterocycles. The summed E-state index contributed by atoms with van der Waals surface area (Å²) in [5.74, 6) is -0.912. The predicted molar refractivity (Wildman–Crippen MR) is 88.6 cm³/mol. The molecule has 1 aromatic carbocycles. The van der Waals surface area contributed by atoms with Crippen molar-refractivity contribution >= 4 is 22.3 Å². The average molecular weight is 341 g/mol. The molecule has 0 bridgehead atoms. The number of rotatable bonds is 5. The van der Waals surface area contributed by atoms with E-state index in [1.54, 1.807) is 36.6 Å². The van der Waals surface area contributed by atoms with Crippen LogP contribution < -0.4 is 5.32 Å². The number of allylic oxidation sites excluding steroid dienone is 1. The molecule has 0 unspecified atom stereocenters. The lowest BCUT2D eigenvalue weighted by Crippen LogP contribution is -2.07. The van der Waals surface area contributed by atoms with E-state index in [0.717, 1.165) is 0 Å². The predicted octanol–water partition coefficient (Wildman–Crippen LogP) is 4.07. The zero-order chi connectivity index (χ0) is 17.5. The molecule has 0 saturated carbocycles. The quantitative estimate of drug-likeness (QED) is 0.654. The van der Waals surface area contributed by atoms with E-state index in [9.17, 15) is 9.18 Å². The Balaban J connectivity index is 2.47. The van der Waals surface area contributed by atoms with E-state index in [2.05, 4.69) is 5.32 Å². The van der Waals surface area contributed by atoms with Crippen LogP contribution in [0.25, 0.3) is 11.1 Å². The molecule has 0 radical (unpaired) electrons. The first kappa shape index (κ1) is 17.2. The molecular weight excluding hydrogens is 329 g/mol. The molecule has 0 aliphatic rings. The molecule has 0 fully saturated rings. The molecule has 7 heteroatoms. The first-order valence-electron chi connectivity index (χ1n) is 6.92. The summed E-state index contributed by atoms with van der Waals surface area (Å²) in [5.41, 5.74) is 1.40. The molecule has 2 rings (SSSR count). The molecular formula is C17H12FN3O2S. The van der Waals surface area contributed by atoms with Gasteiger partial charge >= 0.3 is 5.97 Å². The van der Waals surface area contributed by atoms with Crippen molar-refractivity contribution in [3.05, 3.63) is 52.8 Å². The van der Waals surface area contributed by atoms with Gasteiger partial charge in [0.1, 0.15) is 34.1 Å². The minimum atomic E-state index is -0.538. The van der Waals surface area contributed by atoms with E-state index in [4.69, 9.17) is 15.3 Å². The molecule has 0 atom stereocenters. The number of hydrogen-bond acceptors (Lipinski definition) is 6. The second-order valence-electron chi connectivity index (χ2n) is 4.51. The number of anilines is 1. The van der Waals surface area contributed by atoms with Crippen LogP contribution in [-0.2, 0) is 4.74 Å². The van der Waals surface area contributed by atoms with Crippen LogP contribution in [0.5, 0.6) is 0 Å². The Hall–Kier alpha value is -3.16. The van der Waals surface area contributed by atoms with Crippen molar-refractivity contribution in [2.45, 2.75) is 6.92 Å². The largest absolute Gasteiger partial charge is 0.462 e. The summed E-state index contributed by atoms with van der Waals surface area (Å²) in [6.45, 7) is 1.90. The summed E-state index contributed by atoms with van der Waals surface area (Å²) in [6, 6.07) is 9.19.